The lowest BCUT2D eigenvalue weighted by Crippen LogP contribution is -2.19. The minimum atomic E-state index is -2.39. The third-order valence-electron chi connectivity index (χ3n) is 5.30. The molecule has 110 valence electrons. The predicted molar refractivity (Wildman–Crippen MR) is 84.4 cm³/mol. The maximum absolute atomic E-state index is 9.87. The van der Waals surface area contributed by atoms with Gasteiger partial charge in [0.2, 0.25) is 0 Å². The molecule has 0 radical (unpaired) electrons. The van der Waals surface area contributed by atoms with Gasteiger partial charge in [0.1, 0.15) is 0 Å². The maximum atomic E-state index is 9.87. The highest BCUT2D eigenvalue weighted by atomic mass is 32.3. The smallest absolute Gasteiger partial charge is 0.0632 e. The molecule has 20 heavy (non-hydrogen) atoms. The largest absolute Gasteiger partial charge is 0.371 e. The van der Waals surface area contributed by atoms with Crippen molar-refractivity contribution in [1.29, 1.82) is 0 Å². The number of hydrogen-bond donors (Lipinski definition) is 2. The lowest BCUT2D eigenvalue weighted by atomic mass is 9.82. The zero-order valence-electron chi connectivity index (χ0n) is 11.8. The normalized spacial score (nSPS) is 32.8. The molecule has 0 amide bonds. The molecule has 4 rings (SSSR count). The van der Waals surface area contributed by atoms with Gasteiger partial charge in [0.25, 0.3) is 0 Å². The molecule has 2 aliphatic heterocycles. The molecule has 1 aliphatic carbocycles. The molecule has 2 heterocycles. The van der Waals surface area contributed by atoms with Crippen molar-refractivity contribution in [3.8, 4) is 0 Å². The highest BCUT2D eigenvalue weighted by Gasteiger charge is 2.35. The SMILES string of the molecule is OS1(O)Cc2ccc(N3CC4CCCCC4C3)cc2C1. The van der Waals surface area contributed by atoms with E-state index in [0.717, 1.165) is 23.0 Å². The Hall–Kier alpha value is -0.710. The first-order valence-corrected chi connectivity index (χ1v) is 9.60. The molecule has 0 aromatic heterocycles. The van der Waals surface area contributed by atoms with Gasteiger partial charge in [-0.25, -0.2) is 0 Å². The van der Waals surface area contributed by atoms with Crippen LogP contribution in [-0.4, -0.2) is 22.2 Å². The van der Waals surface area contributed by atoms with Gasteiger partial charge in [-0.3, -0.25) is 9.11 Å². The molecule has 2 unspecified atom stereocenters. The first-order chi connectivity index (χ1) is 9.61. The highest BCUT2D eigenvalue weighted by Crippen LogP contribution is 2.53. The first-order valence-electron chi connectivity index (χ1n) is 7.71. The van der Waals surface area contributed by atoms with Crippen molar-refractivity contribution in [1.82, 2.24) is 0 Å². The molecule has 3 aliphatic rings. The van der Waals surface area contributed by atoms with E-state index in [1.54, 1.807) is 0 Å². The Morgan fingerprint density at radius 1 is 0.950 bits per heavy atom. The van der Waals surface area contributed by atoms with E-state index in [0.29, 0.717) is 11.5 Å². The minimum absolute atomic E-state index is 0.452. The summed E-state index contributed by atoms with van der Waals surface area (Å²) >= 11 is 0. The second-order valence-electron chi connectivity index (χ2n) is 6.75. The quantitative estimate of drug-likeness (QED) is 0.820. The Labute approximate surface area is 122 Å². The van der Waals surface area contributed by atoms with Crippen LogP contribution >= 0.6 is 10.6 Å². The lowest BCUT2D eigenvalue weighted by Gasteiger charge is -2.25. The van der Waals surface area contributed by atoms with Crippen LogP contribution in [0, 0.1) is 11.8 Å². The van der Waals surface area contributed by atoms with Gasteiger partial charge in [0, 0.05) is 18.8 Å². The second-order valence-corrected chi connectivity index (χ2v) is 8.94. The monoisotopic (exact) mass is 293 g/mol. The molecule has 2 fully saturated rings. The minimum Gasteiger partial charge on any atom is -0.371 e. The van der Waals surface area contributed by atoms with E-state index in [1.165, 1.54) is 44.5 Å². The van der Waals surface area contributed by atoms with Gasteiger partial charge in [0.15, 0.2) is 0 Å². The van der Waals surface area contributed by atoms with Crippen molar-refractivity contribution in [3.05, 3.63) is 29.3 Å². The molecule has 1 saturated heterocycles. The molecule has 1 aromatic rings. The van der Waals surface area contributed by atoms with E-state index in [9.17, 15) is 9.11 Å². The molecule has 2 N–H and O–H groups in total. The van der Waals surface area contributed by atoms with Crippen LogP contribution in [0.15, 0.2) is 18.2 Å². The number of benzene rings is 1. The Bertz CT molecular complexity index is 517. The number of hydrogen-bond acceptors (Lipinski definition) is 3. The summed E-state index contributed by atoms with van der Waals surface area (Å²) in [6, 6.07) is 6.48. The van der Waals surface area contributed by atoms with Crippen LogP contribution in [0.2, 0.25) is 0 Å². The maximum Gasteiger partial charge on any atom is 0.0632 e. The van der Waals surface area contributed by atoms with Crippen molar-refractivity contribution in [2.75, 3.05) is 18.0 Å². The zero-order valence-corrected chi connectivity index (χ0v) is 12.6. The Kier molecular flexibility index (Phi) is 3.02. The van der Waals surface area contributed by atoms with Crippen LogP contribution < -0.4 is 4.90 Å². The number of rotatable bonds is 1. The summed E-state index contributed by atoms with van der Waals surface area (Å²) in [5.74, 6) is 2.68. The van der Waals surface area contributed by atoms with Crippen LogP contribution in [0.25, 0.3) is 0 Å². The first kappa shape index (κ1) is 13.0. The summed E-state index contributed by atoms with van der Waals surface area (Å²) in [6.45, 7) is 2.39. The predicted octanol–water partition coefficient (Wildman–Crippen LogP) is 4.08. The number of anilines is 1. The summed E-state index contributed by atoms with van der Waals surface area (Å²) in [5.41, 5.74) is 3.57. The Balaban J connectivity index is 1.56. The van der Waals surface area contributed by atoms with E-state index in [2.05, 4.69) is 23.1 Å². The third-order valence-corrected chi connectivity index (χ3v) is 6.85. The van der Waals surface area contributed by atoms with Crippen molar-refractivity contribution in [2.45, 2.75) is 37.2 Å². The summed E-state index contributed by atoms with van der Waals surface area (Å²) in [7, 11) is -2.39. The summed E-state index contributed by atoms with van der Waals surface area (Å²) in [5, 5.41) is 0. The average Bonchev–Trinajstić information content (AvgIpc) is 2.96. The lowest BCUT2D eigenvalue weighted by molar-refractivity contribution is 0.299. The van der Waals surface area contributed by atoms with Crippen molar-refractivity contribution in [2.24, 2.45) is 11.8 Å². The van der Waals surface area contributed by atoms with Gasteiger partial charge in [-0.1, -0.05) is 18.9 Å². The van der Waals surface area contributed by atoms with Crippen molar-refractivity contribution in [3.63, 3.8) is 0 Å². The van der Waals surface area contributed by atoms with Crippen LogP contribution in [0.5, 0.6) is 0 Å². The summed E-state index contributed by atoms with van der Waals surface area (Å²) < 4.78 is 19.7. The topological polar surface area (TPSA) is 43.7 Å². The third kappa shape index (κ3) is 2.24. The van der Waals surface area contributed by atoms with Crippen LogP contribution in [-0.2, 0) is 11.5 Å². The molecule has 1 saturated carbocycles. The fourth-order valence-corrected chi connectivity index (χ4v) is 5.90. The fraction of sp³-hybridized carbons (Fsp3) is 0.625. The van der Waals surface area contributed by atoms with Gasteiger partial charge in [-0.2, -0.15) is 10.6 Å². The Morgan fingerprint density at radius 3 is 2.30 bits per heavy atom. The van der Waals surface area contributed by atoms with Gasteiger partial charge in [0.05, 0.1) is 11.5 Å². The number of fused-ring (bicyclic) bond motifs is 2. The van der Waals surface area contributed by atoms with Crippen molar-refractivity contribution >= 4 is 16.3 Å². The highest BCUT2D eigenvalue weighted by molar-refractivity contribution is 8.23. The Morgan fingerprint density at radius 2 is 1.60 bits per heavy atom. The zero-order chi connectivity index (χ0) is 13.7. The molecular weight excluding hydrogens is 270 g/mol. The van der Waals surface area contributed by atoms with Gasteiger partial charge >= 0.3 is 0 Å². The summed E-state index contributed by atoms with van der Waals surface area (Å²) in [4.78, 5) is 2.52. The van der Waals surface area contributed by atoms with Crippen molar-refractivity contribution < 1.29 is 9.11 Å². The van der Waals surface area contributed by atoms with E-state index in [1.807, 2.05) is 0 Å². The number of nitrogens with zero attached hydrogens (tertiary/aromatic N) is 1. The fourth-order valence-electron chi connectivity index (χ4n) is 4.25. The molecule has 2 atom stereocenters. The van der Waals surface area contributed by atoms with Crippen LogP contribution in [0.3, 0.4) is 0 Å². The van der Waals surface area contributed by atoms with Gasteiger partial charge in [-0.15, -0.1) is 0 Å². The van der Waals surface area contributed by atoms with Gasteiger partial charge in [-0.05, 0) is 47.9 Å². The van der Waals surface area contributed by atoms with E-state index >= 15 is 0 Å². The molecule has 0 bridgehead atoms. The molecule has 4 heteroatoms. The van der Waals surface area contributed by atoms with E-state index < -0.39 is 10.6 Å². The van der Waals surface area contributed by atoms with Gasteiger partial charge < -0.3 is 4.90 Å². The molecule has 3 nitrogen and oxygen atoms in total. The molecule has 1 aromatic carbocycles. The van der Waals surface area contributed by atoms with Crippen LogP contribution in [0.4, 0.5) is 5.69 Å². The van der Waals surface area contributed by atoms with Crippen LogP contribution in [0.1, 0.15) is 36.8 Å². The summed E-state index contributed by atoms with van der Waals surface area (Å²) in [6.07, 6.45) is 5.60. The standard InChI is InChI=1S/C16H23NO2S/c18-20(19)10-14-5-6-16(7-15(14)11-20)17-8-12-3-1-2-4-13(12)9-17/h5-7,12-13,18-19H,1-4,8-11H2. The average molecular weight is 293 g/mol. The second kappa shape index (κ2) is 4.65. The van der Waals surface area contributed by atoms with E-state index in [4.69, 9.17) is 0 Å². The molecular formula is C16H23NO2S. The van der Waals surface area contributed by atoms with E-state index in [-0.39, 0.29) is 0 Å². The molecule has 0 spiro atoms.